The molecule has 21 heteroatoms. The van der Waals surface area contributed by atoms with Gasteiger partial charge in [0.05, 0.1) is 23.8 Å². The zero-order valence-corrected chi connectivity index (χ0v) is 29.4. The number of hydrogen-bond donors (Lipinski definition) is 5. The summed E-state index contributed by atoms with van der Waals surface area (Å²) in [4.78, 5) is 47.1. The number of ether oxygens (including phenoxy) is 1. The molecule has 1 unspecified atom stereocenters. The largest absolute Gasteiger partial charge is 0.724 e. The maximum absolute atomic E-state index is 13.3. The normalized spacial score (nSPS) is 19.4. The van der Waals surface area contributed by atoms with Crippen LogP contribution in [0, 0.1) is 5.92 Å². The molecular weight excluding hydrogens is 711 g/mol. The number of thiazole rings is 1. The lowest BCUT2D eigenvalue weighted by Gasteiger charge is -2.51. The number of amides is 2. The van der Waals surface area contributed by atoms with Crippen molar-refractivity contribution in [2.75, 3.05) is 32.0 Å². The molecule has 2 amide bonds. The van der Waals surface area contributed by atoms with Crippen molar-refractivity contribution in [1.29, 1.82) is 0 Å². The number of hydroxylamine groups is 2. The molecule has 2 aliphatic rings. The zero-order valence-electron chi connectivity index (χ0n) is 27.8. The predicted molar refractivity (Wildman–Crippen MR) is 179 cm³/mol. The number of rotatable bonds is 17. The van der Waals surface area contributed by atoms with Crippen LogP contribution in [0.4, 0.5) is 5.13 Å². The Morgan fingerprint density at radius 2 is 2.04 bits per heavy atom. The minimum absolute atomic E-state index is 0.0559. The average molecular weight is 750 g/mol. The Labute approximate surface area is 297 Å². The smallest absolute Gasteiger partial charge is 0.351 e. The summed E-state index contributed by atoms with van der Waals surface area (Å²) in [5.41, 5.74) is 11.3. The van der Waals surface area contributed by atoms with Gasteiger partial charge in [-0.15, -0.1) is 16.0 Å². The number of benzene rings is 1. The Morgan fingerprint density at radius 3 is 2.63 bits per heavy atom. The molecule has 0 bridgehead atoms. The quantitative estimate of drug-likeness (QED) is 0.0282. The number of β-lactam (4-membered cyclic amide) rings is 1. The van der Waals surface area contributed by atoms with Gasteiger partial charge in [-0.3, -0.25) is 9.59 Å². The number of oxime groups is 1. The van der Waals surface area contributed by atoms with Crippen LogP contribution in [0.15, 0.2) is 47.2 Å². The lowest BCUT2D eigenvalue weighted by Crippen LogP contribution is -2.76. The van der Waals surface area contributed by atoms with Gasteiger partial charge in [-0.2, -0.15) is 14.0 Å². The van der Waals surface area contributed by atoms with E-state index in [4.69, 9.17) is 21.0 Å². The molecule has 3 aromatic rings. The highest BCUT2D eigenvalue weighted by Crippen LogP contribution is 2.33. The van der Waals surface area contributed by atoms with Crippen LogP contribution in [0.5, 0.6) is 5.75 Å². The molecule has 3 atom stereocenters. The van der Waals surface area contributed by atoms with Crippen molar-refractivity contribution in [3.05, 3.63) is 47.7 Å². The highest BCUT2D eigenvalue weighted by atomic mass is 32.3. The SMILES string of the molecule is CC1(C)C(NC(=O)/C(=N\O[C@@H](COc2ccc(-c3cn(CCCN)[n+](C[C@@H]4CCNC4)c3)cc2)C(=O)O)c2csc(N)n2)C(=O)N1OS(=O)(=O)[O-]. The molecule has 2 aliphatic heterocycles. The molecule has 0 spiro atoms. The Hall–Kier alpha value is -4.67. The molecule has 0 aliphatic carbocycles. The Bertz CT molecular complexity index is 1870. The molecule has 7 N–H and O–H groups in total. The molecule has 0 radical (unpaired) electrons. The monoisotopic (exact) mass is 749 g/mol. The van der Waals surface area contributed by atoms with Crippen LogP contribution >= 0.6 is 11.3 Å². The summed E-state index contributed by atoms with van der Waals surface area (Å²) in [5, 5.41) is 21.1. The van der Waals surface area contributed by atoms with Crippen molar-refractivity contribution < 1.29 is 51.0 Å². The minimum Gasteiger partial charge on any atom is -0.724 e. The Kier molecular flexibility index (Phi) is 11.6. The summed E-state index contributed by atoms with van der Waals surface area (Å²) in [5.74, 6) is -2.61. The molecule has 276 valence electrons. The summed E-state index contributed by atoms with van der Waals surface area (Å²) in [7, 11) is -5.27. The second-order valence-electron chi connectivity index (χ2n) is 12.5. The van der Waals surface area contributed by atoms with Crippen molar-refractivity contribution in [1.82, 2.24) is 25.4 Å². The number of nitrogens with zero attached hydrogens (tertiary/aromatic N) is 5. The van der Waals surface area contributed by atoms with Gasteiger partial charge in [-0.25, -0.2) is 18.2 Å². The van der Waals surface area contributed by atoms with Gasteiger partial charge in [0.25, 0.3) is 17.9 Å². The predicted octanol–water partition coefficient (Wildman–Crippen LogP) is -0.810. The van der Waals surface area contributed by atoms with E-state index in [1.165, 1.54) is 19.2 Å². The Balaban J connectivity index is 1.25. The van der Waals surface area contributed by atoms with E-state index < -0.39 is 58.2 Å². The van der Waals surface area contributed by atoms with Gasteiger partial charge >= 0.3 is 5.97 Å². The van der Waals surface area contributed by atoms with Gasteiger partial charge in [0.1, 0.15) is 24.1 Å². The lowest BCUT2D eigenvalue weighted by molar-refractivity contribution is -0.780. The molecule has 4 heterocycles. The number of aromatic nitrogens is 3. The molecule has 2 aromatic heterocycles. The van der Waals surface area contributed by atoms with Gasteiger partial charge in [0, 0.05) is 17.8 Å². The molecule has 2 saturated heterocycles. The van der Waals surface area contributed by atoms with Crippen LogP contribution in [0.1, 0.15) is 32.4 Å². The number of carbonyl (C=O) groups excluding carboxylic acids is 2. The molecular formula is C30H39N9O10S2. The number of carboxylic acid groups (broad SMARTS) is 1. The van der Waals surface area contributed by atoms with E-state index in [1.54, 1.807) is 12.1 Å². The van der Waals surface area contributed by atoms with Gasteiger partial charge in [0.15, 0.2) is 17.4 Å². The summed E-state index contributed by atoms with van der Waals surface area (Å²) < 4.78 is 47.3. The average Bonchev–Trinajstić information content (AvgIpc) is 3.85. The number of aliphatic carboxylic acids is 1. The first kappa shape index (κ1) is 37.6. The van der Waals surface area contributed by atoms with E-state index in [0.29, 0.717) is 23.3 Å². The van der Waals surface area contributed by atoms with Crippen LogP contribution < -0.4 is 31.5 Å². The van der Waals surface area contributed by atoms with E-state index >= 15 is 0 Å². The molecule has 2 fully saturated rings. The van der Waals surface area contributed by atoms with Crippen LogP contribution in [0.2, 0.25) is 0 Å². The number of anilines is 1. The zero-order chi connectivity index (χ0) is 36.9. The Morgan fingerprint density at radius 1 is 1.29 bits per heavy atom. The van der Waals surface area contributed by atoms with Crippen LogP contribution in [-0.2, 0) is 47.0 Å². The van der Waals surface area contributed by atoms with Crippen molar-refractivity contribution in [2.45, 2.75) is 57.5 Å². The van der Waals surface area contributed by atoms with E-state index in [-0.39, 0.29) is 10.8 Å². The highest BCUT2D eigenvalue weighted by Gasteiger charge is 2.57. The van der Waals surface area contributed by atoms with E-state index in [1.807, 2.05) is 12.1 Å². The fraction of sp³-hybridized carbons (Fsp3) is 0.467. The van der Waals surface area contributed by atoms with E-state index in [2.05, 4.69) is 46.8 Å². The van der Waals surface area contributed by atoms with Gasteiger partial charge in [0.2, 0.25) is 16.6 Å². The fourth-order valence-corrected chi connectivity index (χ4v) is 6.58. The summed E-state index contributed by atoms with van der Waals surface area (Å²) in [6.45, 7) is 6.43. The first-order chi connectivity index (χ1) is 24.2. The topological polar surface area (TPSA) is 270 Å². The van der Waals surface area contributed by atoms with Crippen molar-refractivity contribution in [2.24, 2.45) is 16.8 Å². The van der Waals surface area contributed by atoms with Gasteiger partial charge in [-0.05, 0) is 57.5 Å². The number of carbonyl (C=O) groups is 3. The molecule has 19 nitrogen and oxygen atoms in total. The molecule has 1 aromatic carbocycles. The third kappa shape index (κ3) is 9.17. The summed E-state index contributed by atoms with van der Waals surface area (Å²) in [6.07, 6.45) is 4.45. The first-order valence-electron chi connectivity index (χ1n) is 15.9. The standard InChI is InChI=1S/C30H39N9O10S2/c1-30(2)25(27(41)39(30)49-51(44,45)46)35-26(40)24(22-17-50-29(32)34-22)36-48-23(28(42)43)16-47-21-6-4-19(5-7-21)20-14-37(11-3-9-31)38(15-20)13-18-8-10-33-12-18/h4-7,14-15,17-18,23,25,33H,3,8-13,16,31H2,1-2H3,(H4-,32,34,35,40,42,43,44,45,46)/b36-24-/t18-,23+,25?/m1/s1. The molecule has 51 heavy (non-hydrogen) atoms. The highest BCUT2D eigenvalue weighted by molar-refractivity contribution is 7.80. The van der Waals surface area contributed by atoms with Crippen molar-refractivity contribution >= 4 is 50.4 Å². The van der Waals surface area contributed by atoms with Crippen molar-refractivity contribution in [3.63, 3.8) is 0 Å². The minimum atomic E-state index is -5.27. The van der Waals surface area contributed by atoms with E-state index in [9.17, 15) is 32.5 Å². The fourth-order valence-electron chi connectivity index (χ4n) is 5.59. The maximum Gasteiger partial charge on any atom is 0.351 e. The number of nitrogen functional groups attached to an aromatic ring is 1. The third-order valence-electron chi connectivity index (χ3n) is 8.34. The first-order valence-corrected chi connectivity index (χ1v) is 18.1. The molecule has 0 saturated carbocycles. The van der Waals surface area contributed by atoms with Crippen LogP contribution in [0.3, 0.4) is 0 Å². The number of carboxylic acids is 1. The second-order valence-corrected chi connectivity index (χ2v) is 14.3. The maximum atomic E-state index is 13.3. The number of aryl methyl sites for hydroxylation is 1. The van der Waals surface area contributed by atoms with Gasteiger partial charge in [-0.1, -0.05) is 17.3 Å². The van der Waals surface area contributed by atoms with Crippen LogP contribution in [-0.4, -0.2) is 100 Å². The number of nitrogens with one attached hydrogen (secondary N) is 2. The second kappa shape index (κ2) is 15.7. The molecule has 5 rings (SSSR count). The van der Waals surface area contributed by atoms with Crippen LogP contribution in [0.25, 0.3) is 11.1 Å². The lowest BCUT2D eigenvalue weighted by atomic mass is 9.84. The van der Waals surface area contributed by atoms with Gasteiger partial charge < -0.3 is 41.3 Å². The third-order valence-corrected chi connectivity index (χ3v) is 9.34. The number of hydrogen-bond acceptors (Lipinski definition) is 15. The number of nitrogens with two attached hydrogens (primary N) is 2. The van der Waals surface area contributed by atoms with E-state index in [0.717, 1.165) is 61.5 Å². The summed E-state index contributed by atoms with van der Waals surface area (Å²) in [6, 6.07) is 5.74. The summed E-state index contributed by atoms with van der Waals surface area (Å²) >= 11 is 0.958. The van der Waals surface area contributed by atoms with Crippen molar-refractivity contribution in [3.8, 4) is 16.9 Å².